The summed E-state index contributed by atoms with van der Waals surface area (Å²) in [6, 6.07) is 4.69. The van der Waals surface area contributed by atoms with Crippen molar-refractivity contribution in [2.45, 2.75) is 18.6 Å². The molecule has 0 aliphatic rings. The SMILES string of the molecule is CC(Nc1ccc(C(N)=O)cc1)(C(=O)O)C(F)(F)F. The van der Waals surface area contributed by atoms with Crippen molar-refractivity contribution in [2.24, 2.45) is 5.73 Å². The molecule has 104 valence electrons. The number of hydrogen-bond donors (Lipinski definition) is 3. The summed E-state index contributed by atoms with van der Waals surface area (Å²) >= 11 is 0. The molecule has 0 spiro atoms. The number of primary amides is 1. The molecule has 1 atom stereocenters. The third-order valence-corrected chi connectivity index (χ3v) is 2.56. The lowest BCUT2D eigenvalue weighted by Crippen LogP contribution is -2.55. The van der Waals surface area contributed by atoms with E-state index in [1.165, 1.54) is 12.1 Å². The van der Waals surface area contributed by atoms with Gasteiger partial charge in [0.15, 0.2) is 0 Å². The van der Waals surface area contributed by atoms with Crippen LogP contribution in [0.25, 0.3) is 0 Å². The van der Waals surface area contributed by atoms with Crippen LogP contribution in [0, 0.1) is 0 Å². The summed E-state index contributed by atoms with van der Waals surface area (Å²) in [6.07, 6.45) is -4.98. The third kappa shape index (κ3) is 2.95. The number of carboxylic acids is 1. The maximum Gasteiger partial charge on any atom is 0.422 e. The smallest absolute Gasteiger partial charge is 0.422 e. The zero-order valence-corrected chi connectivity index (χ0v) is 9.78. The highest BCUT2D eigenvalue weighted by Gasteiger charge is 2.57. The maximum atomic E-state index is 12.7. The molecule has 0 bridgehead atoms. The molecule has 4 N–H and O–H groups in total. The van der Waals surface area contributed by atoms with Gasteiger partial charge in [-0.1, -0.05) is 0 Å². The molecule has 5 nitrogen and oxygen atoms in total. The van der Waals surface area contributed by atoms with Crippen LogP contribution in [0.4, 0.5) is 18.9 Å². The molecule has 1 unspecified atom stereocenters. The quantitative estimate of drug-likeness (QED) is 0.778. The van der Waals surface area contributed by atoms with Gasteiger partial charge in [0.25, 0.3) is 0 Å². The highest BCUT2D eigenvalue weighted by atomic mass is 19.4. The summed E-state index contributed by atoms with van der Waals surface area (Å²) in [4.78, 5) is 21.6. The molecule has 1 amide bonds. The highest BCUT2D eigenvalue weighted by molar-refractivity contribution is 5.93. The minimum atomic E-state index is -4.98. The molecule has 0 saturated carbocycles. The van der Waals surface area contributed by atoms with Gasteiger partial charge in [0.2, 0.25) is 11.4 Å². The van der Waals surface area contributed by atoms with E-state index in [0.717, 1.165) is 12.1 Å². The minimum Gasteiger partial charge on any atom is -0.479 e. The maximum absolute atomic E-state index is 12.7. The van der Waals surface area contributed by atoms with E-state index in [1.54, 1.807) is 0 Å². The first-order valence-electron chi connectivity index (χ1n) is 5.06. The topological polar surface area (TPSA) is 92.4 Å². The number of hydrogen-bond acceptors (Lipinski definition) is 3. The number of carboxylic acid groups (broad SMARTS) is 1. The number of aliphatic carboxylic acids is 1. The molecule has 1 aromatic carbocycles. The molecule has 1 aromatic rings. The van der Waals surface area contributed by atoms with Gasteiger partial charge < -0.3 is 16.2 Å². The minimum absolute atomic E-state index is 0.0905. The van der Waals surface area contributed by atoms with E-state index in [4.69, 9.17) is 10.8 Å². The van der Waals surface area contributed by atoms with Crippen molar-refractivity contribution in [3.8, 4) is 0 Å². The van der Waals surface area contributed by atoms with Crippen LogP contribution >= 0.6 is 0 Å². The number of nitrogens with one attached hydrogen (secondary N) is 1. The Balaban J connectivity index is 3.05. The van der Waals surface area contributed by atoms with E-state index < -0.39 is 23.6 Å². The average molecular weight is 276 g/mol. The number of halogens is 3. The lowest BCUT2D eigenvalue weighted by molar-refractivity contribution is -0.192. The van der Waals surface area contributed by atoms with Crippen molar-refractivity contribution in [3.05, 3.63) is 29.8 Å². The first-order valence-corrected chi connectivity index (χ1v) is 5.06. The monoisotopic (exact) mass is 276 g/mol. The van der Waals surface area contributed by atoms with E-state index in [9.17, 15) is 22.8 Å². The van der Waals surface area contributed by atoms with Gasteiger partial charge in [-0.15, -0.1) is 0 Å². The zero-order chi connectivity index (χ0) is 14.8. The fraction of sp³-hybridized carbons (Fsp3) is 0.273. The van der Waals surface area contributed by atoms with Crippen molar-refractivity contribution >= 4 is 17.6 Å². The molecule has 0 fully saturated rings. The number of rotatable bonds is 4. The molecule has 0 aromatic heterocycles. The molecule has 19 heavy (non-hydrogen) atoms. The van der Waals surface area contributed by atoms with Gasteiger partial charge >= 0.3 is 12.1 Å². The van der Waals surface area contributed by atoms with Gasteiger partial charge in [-0.25, -0.2) is 4.79 Å². The standard InChI is InChI=1S/C11H11F3N2O3/c1-10(9(18)19,11(12,13)14)16-7-4-2-6(3-5-7)8(15)17/h2-5,16H,1H3,(H2,15,17)(H,18,19). The summed E-state index contributed by atoms with van der Waals surface area (Å²) in [5, 5.41) is 10.6. The first-order chi connectivity index (χ1) is 8.58. The number of anilines is 1. The van der Waals surface area contributed by atoms with Crippen LogP contribution in [0.5, 0.6) is 0 Å². The number of carbonyl (C=O) groups excluding carboxylic acids is 1. The first kappa shape index (κ1) is 14.8. The van der Waals surface area contributed by atoms with Gasteiger partial charge in [0, 0.05) is 11.3 Å². The summed E-state index contributed by atoms with van der Waals surface area (Å²) in [5.74, 6) is -2.79. The Hall–Kier alpha value is -2.25. The summed E-state index contributed by atoms with van der Waals surface area (Å²) in [5.41, 5.74) is 1.87. The number of alkyl halides is 3. The molecular weight excluding hydrogens is 265 g/mol. The molecule has 1 rings (SSSR count). The van der Waals surface area contributed by atoms with Gasteiger partial charge in [-0.2, -0.15) is 13.2 Å². The molecule has 0 heterocycles. The van der Waals surface area contributed by atoms with Crippen molar-refractivity contribution < 1.29 is 27.9 Å². The lowest BCUT2D eigenvalue weighted by Gasteiger charge is -2.29. The fourth-order valence-electron chi connectivity index (χ4n) is 1.25. The summed E-state index contributed by atoms with van der Waals surface area (Å²) < 4.78 is 38.2. The fourth-order valence-corrected chi connectivity index (χ4v) is 1.25. The van der Waals surface area contributed by atoms with Gasteiger partial charge in [-0.3, -0.25) is 4.79 Å². The molecule has 0 aliphatic heterocycles. The largest absolute Gasteiger partial charge is 0.479 e. The third-order valence-electron chi connectivity index (χ3n) is 2.56. The predicted octanol–water partition coefficient (Wildman–Crippen LogP) is 1.60. The van der Waals surface area contributed by atoms with Crippen molar-refractivity contribution in [1.29, 1.82) is 0 Å². The van der Waals surface area contributed by atoms with E-state index in [0.29, 0.717) is 6.92 Å². The Bertz CT molecular complexity index is 499. The van der Waals surface area contributed by atoms with Crippen molar-refractivity contribution in [2.75, 3.05) is 5.32 Å². The van der Waals surface area contributed by atoms with Crippen LogP contribution in [0.1, 0.15) is 17.3 Å². The normalized spacial score (nSPS) is 14.5. The molecule has 0 radical (unpaired) electrons. The number of carbonyl (C=O) groups is 2. The van der Waals surface area contributed by atoms with Gasteiger partial charge in [0.05, 0.1) is 0 Å². The average Bonchev–Trinajstić information content (AvgIpc) is 2.27. The predicted molar refractivity (Wildman–Crippen MR) is 60.7 cm³/mol. The van der Waals surface area contributed by atoms with E-state index in [-0.39, 0.29) is 11.3 Å². The summed E-state index contributed by atoms with van der Waals surface area (Å²) in [6.45, 7) is 0.511. The molecule has 0 aliphatic carbocycles. The van der Waals surface area contributed by atoms with Gasteiger partial charge in [-0.05, 0) is 31.2 Å². The summed E-state index contributed by atoms with van der Waals surface area (Å²) in [7, 11) is 0. The second-order valence-electron chi connectivity index (χ2n) is 3.99. The molecular formula is C11H11F3N2O3. The second-order valence-corrected chi connectivity index (χ2v) is 3.99. The van der Waals surface area contributed by atoms with Crippen LogP contribution < -0.4 is 11.1 Å². The van der Waals surface area contributed by atoms with E-state index in [1.807, 2.05) is 5.32 Å². The van der Waals surface area contributed by atoms with Crippen molar-refractivity contribution in [3.63, 3.8) is 0 Å². The van der Waals surface area contributed by atoms with Crippen LogP contribution in [-0.4, -0.2) is 28.7 Å². The highest BCUT2D eigenvalue weighted by Crippen LogP contribution is 2.33. The van der Waals surface area contributed by atoms with Crippen LogP contribution in [0.3, 0.4) is 0 Å². The van der Waals surface area contributed by atoms with E-state index in [2.05, 4.69) is 0 Å². The Morgan fingerprint density at radius 1 is 1.21 bits per heavy atom. The number of amides is 1. The zero-order valence-electron chi connectivity index (χ0n) is 9.78. The Morgan fingerprint density at radius 3 is 2.00 bits per heavy atom. The Labute approximate surface area is 106 Å². The molecule has 0 saturated heterocycles. The molecule has 8 heteroatoms. The second kappa shape index (κ2) is 4.79. The number of nitrogens with two attached hydrogens (primary N) is 1. The van der Waals surface area contributed by atoms with Crippen LogP contribution in [0.2, 0.25) is 0 Å². The Kier molecular flexibility index (Phi) is 3.73. The van der Waals surface area contributed by atoms with Crippen LogP contribution in [-0.2, 0) is 4.79 Å². The lowest BCUT2D eigenvalue weighted by atomic mass is 10.0. The number of benzene rings is 1. The van der Waals surface area contributed by atoms with Gasteiger partial charge in [0.1, 0.15) is 0 Å². The Morgan fingerprint density at radius 2 is 1.68 bits per heavy atom. The van der Waals surface area contributed by atoms with Crippen molar-refractivity contribution in [1.82, 2.24) is 0 Å². The van der Waals surface area contributed by atoms with E-state index >= 15 is 0 Å². The van der Waals surface area contributed by atoms with Crippen LogP contribution in [0.15, 0.2) is 24.3 Å².